The van der Waals surface area contributed by atoms with Gasteiger partial charge >= 0.3 is 0 Å². The van der Waals surface area contributed by atoms with Crippen molar-refractivity contribution in [1.29, 1.82) is 0 Å². The maximum absolute atomic E-state index is 11.7. The van der Waals surface area contributed by atoms with Gasteiger partial charge in [-0.1, -0.05) is 6.07 Å². The minimum absolute atomic E-state index is 0.0739. The minimum atomic E-state index is -0.286. The lowest BCUT2D eigenvalue weighted by Crippen LogP contribution is -2.30. The lowest BCUT2D eigenvalue weighted by atomic mass is 10.2. The lowest BCUT2D eigenvalue weighted by molar-refractivity contribution is -0.114. The predicted molar refractivity (Wildman–Crippen MR) is 66.7 cm³/mol. The molecule has 4 N–H and O–H groups in total. The summed E-state index contributed by atoms with van der Waals surface area (Å²) in [6.07, 6.45) is 0. The first-order valence-electron chi connectivity index (χ1n) is 5.43. The molecule has 1 aromatic carbocycles. The van der Waals surface area contributed by atoms with Crippen LogP contribution < -0.4 is 16.4 Å². The Morgan fingerprint density at radius 3 is 2.65 bits per heavy atom. The second kappa shape index (κ2) is 6.00. The SMILES string of the molecule is CC(C)NC(=O)c1cccc(NC(=O)CN)c1. The Hall–Kier alpha value is -1.88. The Bertz CT molecular complexity index is 416. The Morgan fingerprint density at radius 1 is 1.35 bits per heavy atom. The Labute approximate surface area is 100 Å². The van der Waals surface area contributed by atoms with Crippen LogP contribution in [-0.4, -0.2) is 24.4 Å². The quantitative estimate of drug-likeness (QED) is 0.719. The molecule has 1 rings (SSSR count). The lowest BCUT2D eigenvalue weighted by Gasteiger charge is -2.09. The van der Waals surface area contributed by atoms with Crippen LogP contribution in [0.15, 0.2) is 24.3 Å². The summed E-state index contributed by atoms with van der Waals surface area (Å²) in [6, 6.07) is 6.80. The molecule has 0 spiro atoms. The van der Waals surface area contributed by atoms with Crippen LogP contribution in [-0.2, 0) is 4.79 Å². The van der Waals surface area contributed by atoms with Gasteiger partial charge in [-0.05, 0) is 32.0 Å². The molecule has 0 radical (unpaired) electrons. The third-order valence-electron chi connectivity index (χ3n) is 2.01. The largest absolute Gasteiger partial charge is 0.350 e. The van der Waals surface area contributed by atoms with Gasteiger partial charge in [0.2, 0.25) is 5.91 Å². The van der Waals surface area contributed by atoms with E-state index >= 15 is 0 Å². The predicted octanol–water partition coefficient (Wildman–Crippen LogP) is 0.722. The number of nitrogens with two attached hydrogens (primary N) is 1. The van der Waals surface area contributed by atoms with Crippen LogP contribution in [0.3, 0.4) is 0 Å². The van der Waals surface area contributed by atoms with E-state index in [4.69, 9.17) is 5.73 Å². The van der Waals surface area contributed by atoms with E-state index < -0.39 is 0 Å². The Kier molecular flexibility index (Phi) is 4.66. The van der Waals surface area contributed by atoms with Gasteiger partial charge in [0.25, 0.3) is 5.91 Å². The molecule has 0 saturated carbocycles. The van der Waals surface area contributed by atoms with E-state index in [9.17, 15) is 9.59 Å². The number of nitrogens with one attached hydrogen (secondary N) is 2. The number of hydrogen-bond acceptors (Lipinski definition) is 3. The van der Waals surface area contributed by atoms with Crippen molar-refractivity contribution in [2.24, 2.45) is 5.73 Å². The van der Waals surface area contributed by atoms with Crippen molar-refractivity contribution in [3.63, 3.8) is 0 Å². The van der Waals surface area contributed by atoms with Crippen LogP contribution in [0.25, 0.3) is 0 Å². The molecule has 0 atom stereocenters. The topological polar surface area (TPSA) is 84.2 Å². The first-order valence-corrected chi connectivity index (χ1v) is 5.43. The van der Waals surface area contributed by atoms with Gasteiger partial charge < -0.3 is 16.4 Å². The summed E-state index contributed by atoms with van der Waals surface area (Å²) in [5, 5.41) is 5.37. The highest BCUT2D eigenvalue weighted by molar-refractivity contribution is 5.97. The molecule has 1 aromatic rings. The van der Waals surface area contributed by atoms with Gasteiger partial charge in [-0.25, -0.2) is 0 Å². The molecule has 2 amide bonds. The number of hydrogen-bond donors (Lipinski definition) is 3. The summed E-state index contributed by atoms with van der Waals surface area (Å²) < 4.78 is 0. The summed E-state index contributed by atoms with van der Waals surface area (Å²) in [6.45, 7) is 3.69. The van der Waals surface area contributed by atoms with Gasteiger partial charge in [0, 0.05) is 17.3 Å². The summed E-state index contributed by atoms with van der Waals surface area (Å²) in [5.41, 5.74) is 6.27. The van der Waals surface area contributed by atoms with E-state index in [1.807, 2.05) is 13.8 Å². The van der Waals surface area contributed by atoms with Crippen LogP contribution >= 0.6 is 0 Å². The van der Waals surface area contributed by atoms with Crippen LogP contribution in [0.2, 0.25) is 0 Å². The molecule has 0 unspecified atom stereocenters. The number of carbonyl (C=O) groups excluding carboxylic acids is 2. The van der Waals surface area contributed by atoms with E-state index in [2.05, 4.69) is 10.6 Å². The second-order valence-corrected chi connectivity index (χ2v) is 3.96. The zero-order valence-corrected chi connectivity index (χ0v) is 9.99. The average molecular weight is 235 g/mol. The Morgan fingerprint density at radius 2 is 2.06 bits per heavy atom. The standard InChI is InChI=1S/C12H17N3O2/c1-8(2)14-12(17)9-4-3-5-10(6-9)15-11(16)7-13/h3-6,8H,7,13H2,1-2H3,(H,14,17)(H,15,16). The zero-order chi connectivity index (χ0) is 12.8. The highest BCUT2D eigenvalue weighted by atomic mass is 16.2. The van der Waals surface area contributed by atoms with Crippen LogP contribution in [0, 0.1) is 0 Å². The van der Waals surface area contributed by atoms with E-state index in [1.165, 1.54) is 0 Å². The maximum Gasteiger partial charge on any atom is 0.251 e. The molecule has 17 heavy (non-hydrogen) atoms. The third kappa shape index (κ3) is 4.24. The molecule has 0 saturated heterocycles. The highest BCUT2D eigenvalue weighted by Gasteiger charge is 2.08. The molecule has 92 valence electrons. The zero-order valence-electron chi connectivity index (χ0n) is 9.99. The van der Waals surface area contributed by atoms with E-state index in [0.717, 1.165) is 0 Å². The molecular formula is C12H17N3O2. The fraction of sp³-hybridized carbons (Fsp3) is 0.333. The van der Waals surface area contributed by atoms with Crippen LogP contribution in [0.5, 0.6) is 0 Å². The van der Waals surface area contributed by atoms with Crippen molar-refractivity contribution in [2.75, 3.05) is 11.9 Å². The average Bonchev–Trinajstić information content (AvgIpc) is 2.28. The van der Waals surface area contributed by atoms with Gasteiger partial charge in [0.05, 0.1) is 6.54 Å². The van der Waals surface area contributed by atoms with Crippen molar-refractivity contribution < 1.29 is 9.59 Å². The molecule has 5 nitrogen and oxygen atoms in total. The van der Waals surface area contributed by atoms with Crippen LogP contribution in [0.4, 0.5) is 5.69 Å². The number of rotatable bonds is 4. The third-order valence-corrected chi connectivity index (χ3v) is 2.01. The normalized spacial score (nSPS) is 10.1. The number of anilines is 1. The molecule has 0 aromatic heterocycles. The number of carbonyl (C=O) groups is 2. The molecule has 5 heteroatoms. The van der Waals surface area contributed by atoms with Crippen molar-refractivity contribution in [2.45, 2.75) is 19.9 Å². The van der Waals surface area contributed by atoms with Gasteiger partial charge in [-0.15, -0.1) is 0 Å². The van der Waals surface area contributed by atoms with Gasteiger partial charge in [0.1, 0.15) is 0 Å². The van der Waals surface area contributed by atoms with E-state index in [1.54, 1.807) is 24.3 Å². The van der Waals surface area contributed by atoms with Crippen molar-refractivity contribution >= 4 is 17.5 Å². The van der Waals surface area contributed by atoms with Gasteiger partial charge in [-0.3, -0.25) is 9.59 Å². The van der Waals surface area contributed by atoms with Crippen molar-refractivity contribution in [3.8, 4) is 0 Å². The minimum Gasteiger partial charge on any atom is -0.350 e. The second-order valence-electron chi connectivity index (χ2n) is 3.96. The first kappa shape index (κ1) is 13.2. The van der Waals surface area contributed by atoms with E-state index in [0.29, 0.717) is 11.3 Å². The fourth-order valence-corrected chi connectivity index (χ4v) is 1.30. The smallest absolute Gasteiger partial charge is 0.251 e. The number of benzene rings is 1. The molecular weight excluding hydrogens is 218 g/mol. The molecule has 0 bridgehead atoms. The monoisotopic (exact) mass is 235 g/mol. The van der Waals surface area contributed by atoms with Gasteiger partial charge in [-0.2, -0.15) is 0 Å². The number of amides is 2. The van der Waals surface area contributed by atoms with Crippen molar-refractivity contribution in [3.05, 3.63) is 29.8 Å². The summed E-state index contributed by atoms with van der Waals surface area (Å²) in [4.78, 5) is 22.8. The summed E-state index contributed by atoms with van der Waals surface area (Å²) >= 11 is 0. The van der Waals surface area contributed by atoms with Crippen LogP contribution in [0.1, 0.15) is 24.2 Å². The van der Waals surface area contributed by atoms with Crippen molar-refractivity contribution in [1.82, 2.24) is 5.32 Å². The summed E-state index contributed by atoms with van der Waals surface area (Å²) in [5.74, 6) is -0.449. The Balaban J connectivity index is 2.78. The molecule has 0 aliphatic carbocycles. The first-order chi connectivity index (χ1) is 8.02. The molecule has 0 aliphatic heterocycles. The fourth-order valence-electron chi connectivity index (χ4n) is 1.30. The highest BCUT2D eigenvalue weighted by Crippen LogP contribution is 2.10. The summed E-state index contributed by atoms with van der Waals surface area (Å²) in [7, 11) is 0. The molecule has 0 heterocycles. The van der Waals surface area contributed by atoms with Gasteiger partial charge in [0.15, 0.2) is 0 Å². The maximum atomic E-state index is 11.7. The molecule has 0 fully saturated rings. The molecule has 0 aliphatic rings. The van der Waals surface area contributed by atoms with E-state index in [-0.39, 0.29) is 24.4 Å².